The summed E-state index contributed by atoms with van der Waals surface area (Å²) in [5, 5.41) is 0.856. The molecule has 0 radical (unpaired) electrons. The second kappa shape index (κ2) is 3.07. The van der Waals surface area contributed by atoms with Crippen molar-refractivity contribution in [3.05, 3.63) is 40.2 Å². The number of aromatic nitrogens is 1. The van der Waals surface area contributed by atoms with Gasteiger partial charge in [0, 0.05) is 16.1 Å². The number of nitrogens with zero attached hydrogens (tertiary/aromatic N) is 1. The number of rotatable bonds is 0. The smallest absolute Gasteiger partial charge is 0.123 e. The van der Waals surface area contributed by atoms with Gasteiger partial charge in [-0.3, -0.25) is 4.98 Å². The van der Waals surface area contributed by atoms with E-state index in [1.54, 1.807) is 12.3 Å². The number of halogens is 2. The molecule has 0 atom stereocenters. The van der Waals surface area contributed by atoms with E-state index in [4.69, 9.17) is 0 Å². The normalized spacial score (nSPS) is 10.7. The van der Waals surface area contributed by atoms with Crippen LogP contribution >= 0.6 is 15.9 Å². The Hall–Kier alpha value is -0.960. The van der Waals surface area contributed by atoms with Crippen LogP contribution < -0.4 is 0 Å². The Kier molecular flexibility index (Phi) is 2.04. The van der Waals surface area contributed by atoms with Gasteiger partial charge in [-0.05, 0) is 46.6 Å². The summed E-state index contributed by atoms with van der Waals surface area (Å²) in [7, 11) is 0. The number of fused-ring (bicyclic) bond motifs is 1. The zero-order chi connectivity index (χ0) is 9.42. The van der Waals surface area contributed by atoms with Gasteiger partial charge >= 0.3 is 0 Å². The summed E-state index contributed by atoms with van der Waals surface area (Å²) in [5.41, 5.74) is 1.84. The van der Waals surface area contributed by atoms with Gasteiger partial charge in [0.1, 0.15) is 5.82 Å². The first kappa shape index (κ1) is 8.63. The van der Waals surface area contributed by atoms with Gasteiger partial charge in [-0.1, -0.05) is 0 Å². The Labute approximate surface area is 83.7 Å². The second-order valence-corrected chi connectivity index (χ2v) is 3.75. The van der Waals surface area contributed by atoms with E-state index in [0.29, 0.717) is 0 Å². The molecule has 0 amide bonds. The summed E-state index contributed by atoms with van der Waals surface area (Å²) in [6, 6.07) is 4.61. The molecule has 3 heteroatoms. The molecule has 0 aliphatic carbocycles. The largest absolute Gasteiger partial charge is 0.255 e. The topological polar surface area (TPSA) is 12.9 Å². The lowest BCUT2D eigenvalue weighted by atomic mass is 10.1. The number of benzene rings is 1. The molecule has 0 aliphatic rings. The Morgan fingerprint density at radius 3 is 2.92 bits per heavy atom. The first-order valence-electron chi connectivity index (χ1n) is 3.89. The van der Waals surface area contributed by atoms with E-state index in [1.807, 2.05) is 6.92 Å². The van der Waals surface area contributed by atoms with Crippen molar-refractivity contribution in [3.63, 3.8) is 0 Å². The molecular formula is C10H7BrFN. The molecule has 0 spiro atoms. The zero-order valence-electron chi connectivity index (χ0n) is 7.01. The summed E-state index contributed by atoms with van der Waals surface area (Å²) in [6.07, 6.45) is 1.73. The van der Waals surface area contributed by atoms with Crippen molar-refractivity contribution in [2.45, 2.75) is 6.92 Å². The fraction of sp³-hybridized carbons (Fsp3) is 0.100. The number of hydrogen-bond donors (Lipinski definition) is 0. The third kappa shape index (κ3) is 1.44. The molecule has 66 valence electrons. The van der Waals surface area contributed by atoms with E-state index < -0.39 is 0 Å². The standard InChI is InChI=1S/C10H7BrFN/c1-6-8-4-7(12)2-3-10(8)13-5-9(6)11/h2-5H,1H3. The van der Waals surface area contributed by atoms with E-state index in [9.17, 15) is 4.39 Å². The average molecular weight is 240 g/mol. The maximum absolute atomic E-state index is 12.9. The summed E-state index contributed by atoms with van der Waals surface area (Å²) >= 11 is 3.36. The van der Waals surface area contributed by atoms with Crippen molar-refractivity contribution >= 4 is 26.8 Å². The predicted molar refractivity (Wildman–Crippen MR) is 54.1 cm³/mol. The van der Waals surface area contributed by atoms with Crippen LogP contribution in [0.2, 0.25) is 0 Å². The third-order valence-electron chi connectivity index (χ3n) is 2.04. The lowest BCUT2D eigenvalue weighted by molar-refractivity contribution is 0.629. The molecule has 0 unspecified atom stereocenters. The van der Waals surface area contributed by atoms with Crippen LogP contribution in [0, 0.1) is 12.7 Å². The van der Waals surface area contributed by atoms with Crippen molar-refractivity contribution in [2.24, 2.45) is 0 Å². The van der Waals surface area contributed by atoms with Crippen molar-refractivity contribution in [2.75, 3.05) is 0 Å². The molecule has 1 aromatic carbocycles. The van der Waals surface area contributed by atoms with Crippen molar-refractivity contribution in [1.29, 1.82) is 0 Å². The quantitative estimate of drug-likeness (QED) is 0.687. The van der Waals surface area contributed by atoms with Gasteiger partial charge in [0.15, 0.2) is 0 Å². The fourth-order valence-corrected chi connectivity index (χ4v) is 1.59. The number of pyridine rings is 1. The molecule has 0 aliphatic heterocycles. The maximum atomic E-state index is 12.9. The molecular weight excluding hydrogens is 233 g/mol. The number of hydrogen-bond acceptors (Lipinski definition) is 1. The Morgan fingerprint density at radius 1 is 1.38 bits per heavy atom. The molecule has 0 N–H and O–H groups in total. The SMILES string of the molecule is Cc1c(Br)cnc2ccc(F)cc12. The van der Waals surface area contributed by atoms with Gasteiger partial charge in [0.25, 0.3) is 0 Å². The predicted octanol–water partition coefficient (Wildman–Crippen LogP) is 3.44. The molecule has 0 saturated carbocycles. The molecule has 0 fully saturated rings. The van der Waals surface area contributed by atoms with Crippen LogP contribution in [0.3, 0.4) is 0 Å². The summed E-state index contributed by atoms with van der Waals surface area (Å²) < 4.78 is 13.8. The second-order valence-electron chi connectivity index (χ2n) is 2.89. The lowest BCUT2D eigenvalue weighted by Crippen LogP contribution is -1.85. The van der Waals surface area contributed by atoms with Gasteiger partial charge in [-0.2, -0.15) is 0 Å². The van der Waals surface area contributed by atoms with Crippen LogP contribution in [0.5, 0.6) is 0 Å². The molecule has 1 aromatic heterocycles. The highest BCUT2D eigenvalue weighted by molar-refractivity contribution is 9.10. The van der Waals surface area contributed by atoms with Crippen molar-refractivity contribution < 1.29 is 4.39 Å². The van der Waals surface area contributed by atoms with Gasteiger partial charge in [-0.15, -0.1) is 0 Å². The highest BCUT2D eigenvalue weighted by atomic mass is 79.9. The van der Waals surface area contributed by atoms with Gasteiger partial charge in [0.2, 0.25) is 0 Å². The summed E-state index contributed by atoms with van der Waals surface area (Å²) in [6.45, 7) is 1.94. The lowest BCUT2D eigenvalue weighted by Gasteiger charge is -2.02. The number of aryl methyl sites for hydroxylation is 1. The summed E-state index contributed by atoms with van der Waals surface area (Å²) in [5.74, 6) is -0.226. The molecule has 2 rings (SSSR count). The average Bonchev–Trinajstić information content (AvgIpc) is 2.12. The van der Waals surface area contributed by atoms with Crippen molar-refractivity contribution in [3.8, 4) is 0 Å². The van der Waals surface area contributed by atoms with Crippen LogP contribution in [0.4, 0.5) is 4.39 Å². The van der Waals surface area contributed by atoms with Crippen LogP contribution in [-0.2, 0) is 0 Å². The zero-order valence-corrected chi connectivity index (χ0v) is 8.60. The van der Waals surface area contributed by atoms with Gasteiger partial charge < -0.3 is 0 Å². The molecule has 0 saturated heterocycles. The third-order valence-corrected chi connectivity index (χ3v) is 2.84. The first-order chi connectivity index (χ1) is 6.18. The monoisotopic (exact) mass is 239 g/mol. The summed E-state index contributed by atoms with van der Waals surface area (Å²) in [4.78, 5) is 4.17. The molecule has 13 heavy (non-hydrogen) atoms. The highest BCUT2D eigenvalue weighted by Gasteiger charge is 2.02. The maximum Gasteiger partial charge on any atom is 0.123 e. The first-order valence-corrected chi connectivity index (χ1v) is 4.68. The van der Waals surface area contributed by atoms with Crippen LogP contribution in [0.25, 0.3) is 10.9 Å². The minimum absolute atomic E-state index is 0.226. The Balaban J connectivity index is 2.89. The van der Waals surface area contributed by atoms with Crippen LogP contribution in [-0.4, -0.2) is 4.98 Å². The van der Waals surface area contributed by atoms with Gasteiger partial charge in [-0.25, -0.2) is 4.39 Å². The van der Waals surface area contributed by atoms with E-state index in [1.165, 1.54) is 12.1 Å². The Bertz CT molecular complexity index is 462. The molecule has 1 heterocycles. The van der Waals surface area contributed by atoms with E-state index >= 15 is 0 Å². The highest BCUT2D eigenvalue weighted by Crippen LogP contribution is 2.23. The fourth-order valence-electron chi connectivity index (χ4n) is 1.27. The minimum atomic E-state index is -0.226. The van der Waals surface area contributed by atoms with Gasteiger partial charge in [0.05, 0.1) is 5.52 Å². The Morgan fingerprint density at radius 2 is 2.15 bits per heavy atom. The molecule has 2 aromatic rings. The van der Waals surface area contributed by atoms with Crippen LogP contribution in [0.15, 0.2) is 28.9 Å². The van der Waals surface area contributed by atoms with E-state index in [-0.39, 0.29) is 5.82 Å². The van der Waals surface area contributed by atoms with E-state index in [2.05, 4.69) is 20.9 Å². The molecule has 0 bridgehead atoms. The van der Waals surface area contributed by atoms with E-state index in [0.717, 1.165) is 20.9 Å². The van der Waals surface area contributed by atoms with Crippen molar-refractivity contribution in [1.82, 2.24) is 4.98 Å². The van der Waals surface area contributed by atoms with Crippen LogP contribution in [0.1, 0.15) is 5.56 Å². The minimum Gasteiger partial charge on any atom is -0.255 e. The molecule has 1 nitrogen and oxygen atoms in total.